The number of hydrogen-bond acceptors (Lipinski definition) is 3. The van der Waals surface area contributed by atoms with Gasteiger partial charge in [0.25, 0.3) is 0 Å². The second-order valence-electron chi connectivity index (χ2n) is 8.43. The number of likely N-dealkylation sites (tertiary alicyclic amines) is 1. The Morgan fingerprint density at radius 3 is 2.22 bits per heavy atom. The average molecular weight is 390 g/mol. The molecule has 2 aromatic rings. The molecule has 1 N–H and O–H groups in total. The van der Waals surface area contributed by atoms with E-state index in [1.165, 1.54) is 12.8 Å². The standard InChI is InChI=1S/C21H31N3O2S/c1-21(2,3)17-9-11-18(12-10-17)27(25,26)22-16-20(24-14-5-6-15-24)19-8-7-13-23(19)4/h7-13,20,22H,5-6,14-16H2,1-4H3. The van der Waals surface area contributed by atoms with E-state index in [-0.39, 0.29) is 11.5 Å². The molecule has 0 saturated carbocycles. The summed E-state index contributed by atoms with van der Waals surface area (Å²) in [6.45, 7) is 8.76. The highest BCUT2D eigenvalue weighted by molar-refractivity contribution is 7.89. The van der Waals surface area contributed by atoms with Gasteiger partial charge in [0.2, 0.25) is 10.0 Å². The number of hydrogen-bond donors (Lipinski definition) is 1. The molecule has 0 bridgehead atoms. The van der Waals surface area contributed by atoms with Gasteiger partial charge in [-0.2, -0.15) is 0 Å². The van der Waals surface area contributed by atoms with Gasteiger partial charge in [-0.25, -0.2) is 13.1 Å². The van der Waals surface area contributed by atoms with Crippen molar-refractivity contribution in [2.75, 3.05) is 19.6 Å². The molecule has 1 aliphatic heterocycles. The van der Waals surface area contributed by atoms with E-state index in [2.05, 4.69) is 41.0 Å². The minimum Gasteiger partial charge on any atom is -0.353 e. The summed E-state index contributed by atoms with van der Waals surface area (Å²) in [6, 6.07) is 11.4. The molecule has 27 heavy (non-hydrogen) atoms. The fraction of sp³-hybridized carbons (Fsp3) is 0.524. The van der Waals surface area contributed by atoms with Crippen molar-refractivity contribution in [3.05, 3.63) is 53.9 Å². The van der Waals surface area contributed by atoms with Crippen LogP contribution in [0.2, 0.25) is 0 Å². The van der Waals surface area contributed by atoms with Crippen molar-refractivity contribution >= 4 is 10.0 Å². The van der Waals surface area contributed by atoms with E-state index in [4.69, 9.17) is 0 Å². The molecular weight excluding hydrogens is 358 g/mol. The average Bonchev–Trinajstić information content (AvgIpc) is 3.27. The van der Waals surface area contributed by atoms with Crippen LogP contribution < -0.4 is 4.72 Å². The topological polar surface area (TPSA) is 54.3 Å². The molecule has 1 atom stereocenters. The molecule has 1 saturated heterocycles. The van der Waals surface area contributed by atoms with Crippen LogP contribution in [-0.2, 0) is 22.5 Å². The minimum absolute atomic E-state index is 0.00308. The van der Waals surface area contributed by atoms with Crippen molar-refractivity contribution in [1.29, 1.82) is 0 Å². The van der Waals surface area contributed by atoms with E-state index in [0.29, 0.717) is 11.4 Å². The Morgan fingerprint density at radius 1 is 1.07 bits per heavy atom. The molecule has 148 valence electrons. The van der Waals surface area contributed by atoms with Crippen LogP contribution in [0.5, 0.6) is 0 Å². The SMILES string of the molecule is Cn1cccc1C(CNS(=O)(=O)c1ccc(C(C)(C)C)cc1)N1CCCC1. The van der Waals surface area contributed by atoms with Crippen LogP contribution in [0.3, 0.4) is 0 Å². The minimum atomic E-state index is -3.54. The van der Waals surface area contributed by atoms with Gasteiger partial charge in [0.1, 0.15) is 0 Å². The van der Waals surface area contributed by atoms with E-state index >= 15 is 0 Å². The molecule has 0 amide bonds. The zero-order chi connectivity index (χ0) is 19.7. The molecule has 1 aliphatic rings. The van der Waals surface area contributed by atoms with Crippen LogP contribution in [0.1, 0.15) is 50.9 Å². The van der Waals surface area contributed by atoms with Crippen LogP contribution >= 0.6 is 0 Å². The van der Waals surface area contributed by atoms with E-state index < -0.39 is 10.0 Å². The molecule has 1 aromatic heterocycles. The Labute approximate surface area is 163 Å². The summed E-state index contributed by atoms with van der Waals surface area (Å²) in [4.78, 5) is 2.70. The number of nitrogens with one attached hydrogen (secondary N) is 1. The lowest BCUT2D eigenvalue weighted by atomic mass is 9.87. The maximum atomic E-state index is 12.8. The molecule has 2 heterocycles. The molecular formula is C21H31N3O2S. The summed E-state index contributed by atoms with van der Waals surface area (Å²) in [7, 11) is -1.52. The van der Waals surface area contributed by atoms with Crippen molar-refractivity contribution in [3.63, 3.8) is 0 Å². The molecule has 5 nitrogen and oxygen atoms in total. The molecule has 0 spiro atoms. The van der Waals surface area contributed by atoms with Gasteiger partial charge in [-0.05, 0) is 61.2 Å². The molecule has 6 heteroatoms. The number of aryl methyl sites for hydroxylation is 1. The molecule has 1 fully saturated rings. The Hall–Kier alpha value is -1.63. The Morgan fingerprint density at radius 2 is 1.70 bits per heavy atom. The molecule has 1 unspecified atom stereocenters. The summed E-state index contributed by atoms with van der Waals surface area (Å²) >= 11 is 0. The van der Waals surface area contributed by atoms with Gasteiger partial charge in [0.05, 0.1) is 10.9 Å². The number of benzene rings is 1. The van der Waals surface area contributed by atoms with Gasteiger partial charge in [0.15, 0.2) is 0 Å². The zero-order valence-corrected chi connectivity index (χ0v) is 17.6. The molecule has 3 rings (SSSR count). The predicted octanol–water partition coefficient (Wildman–Crippen LogP) is 3.44. The number of rotatable bonds is 6. The maximum Gasteiger partial charge on any atom is 0.240 e. The second-order valence-corrected chi connectivity index (χ2v) is 10.2. The highest BCUT2D eigenvalue weighted by Crippen LogP contribution is 2.26. The third-order valence-corrected chi connectivity index (χ3v) is 6.84. The first-order chi connectivity index (χ1) is 12.7. The van der Waals surface area contributed by atoms with Crippen molar-refractivity contribution in [2.24, 2.45) is 7.05 Å². The lowest BCUT2D eigenvalue weighted by molar-refractivity contribution is 0.238. The Kier molecular flexibility index (Phi) is 5.79. The lowest BCUT2D eigenvalue weighted by Gasteiger charge is -2.28. The molecule has 0 aliphatic carbocycles. The van der Waals surface area contributed by atoms with Gasteiger partial charge in [-0.1, -0.05) is 32.9 Å². The van der Waals surface area contributed by atoms with Crippen molar-refractivity contribution in [3.8, 4) is 0 Å². The quantitative estimate of drug-likeness (QED) is 0.823. The van der Waals surface area contributed by atoms with Crippen molar-refractivity contribution in [1.82, 2.24) is 14.2 Å². The fourth-order valence-electron chi connectivity index (χ4n) is 3.70. The monoisotopic (exact) mass is 389 g/mol. The second kappa shape index (κ2) is 7.78. The summed E-state index contributed by atoms with van der Waals surface area (Å²) in [5, 5.41) is 0. The van der Waals surface area contributed by atoms with Crippen molar-refractivity contribution in [2.45, 2.75) is 50.0 Å². The normalized spacial score (nSPS) is 17.3. The van der Waals surface area contributed by atoms with Gasteiger partial charge >= 0.3 is 0 Å². The Balaban J connectivity index is 1.76. The first kappa shape index (κ1) is 20.1. The van der Waals surface area contributed by atoms with Crippen LogP contribution in [0.15, 0.2) is 47.5 Å². The van der Waals surface area contributed by atoms with E-state index in [9.17, 15) is 8.42 Å². The largest absolute Gasteiger partial charge is 0.353 e. The van der Waals surface area contributed by atoms with Gasteiger partial charge in [-0.15, -0.1) is 0 Å². The first-order valence-electron chi connectivity index (χ1n) is 9.64. The smallest absolute Gasteiger partial charge is 0.240 e. The van der Waals surface area contributed by atoms with Gasteiger partial charge in [-0.3, -0.25) is 4.90 Å². The van der Waals surface area contributed by atoms with E-state index in [1.54, 1.807) is 12.1 Å². The number of nitrogens with zero attached hydrogens (tertiary/aromatic N) is 2. The van der Waals surface area contributed by atoms with E-state index in [0.717, 1.165) is 24.3 Å². The summed E-state index contributed by atoms with van der Waals surface area (Å²) in [6.07, 6.45) is 4.35. The lowest BCUT2D eigenvalue weighted by Crippen LogP contribution is -2.37. The number of sulfonamides is 1. The Bertz CT molecular complexity index is 858. The van der Waals surface area contributed by atoms with Gasteiger partial charge < -0.3 is 4.57 Å². The highest BCUT2D eigenvalue weighted by atomic mass is 32.2. The fourth-order valence-corrected chi connectivity index (χ4v) is 4.74. The molecule has 0 radical (unpaired) electrons. The van der Waals surface area contributed by atoms with Gasteiger partial charge in [0, 0.05) is 25.5 Å². The van der Waals surface area contributed by atoms with Crippen molar-refractivity contribution < 1.29 is 8.42 Å². The van der Waals surface area contributed by atoms with Crippen LogP contribution in [0.4, 0.5) is 0 Å². The maximum absolute atomic E-state index is 12.8. The third kappa shape index (κ3) is 4.62. The molecule has 1 aromatic carbocycles. The number of aromatic nitrogens is 1. The van der Waals surface area contributed by atoms with Crippen LogP contribution in [0.25, 0.3) is 0 Å². The summed E-state index contributed by atoms with van der Waals surface area (Å²) < 4.78 is 30.6. The summed E-state index contributed by atoms with van der Waals surface area (Å²) in [5.74, 6) is 0. The highest BCUT2D eigenvalue weighted by Gasteiger charge is 2.27. The summed E-state index contributed by atoms with van der Waals surface area (Å²) in [5.41, 5.74) is 2.27. The predicted molar refractivity (Wildman–Crippen MR) is 109 cm³/mol. The zero-order valence-electron chi connectivity index (χ0n) is 16.8. The third-order valence-electron chi connectivity index (χ3n) is 5.40. The van der Waals surface area contributed by atoms with Crippen LogP contribution in [0, 0.1) is 0 Å². The first-order valence-corrected chi connectivity index (χ1v) is 11.1. The van der Waals surface area contributed by atoms with E-state index in [1.807, 2.05) is 31.4 Å². The van der Waals surface area contributed by atoms with Crippen LogP contribution in [-0.4, -0.2) is 37.5 Å².